The Morgan fingerprint density at radius 1 is 1.18 bits per heavy atom. The number of nitrogens with one attached hydrogen (secondary N) is 3. The Hall–Kier alpha value is -2.72. The van der Waals surface area contributed by atoms with Gasteiger partial charge in [-0.1, -0.05) is 51.1 Å². The topological polar surface area (TPSA) is 79.5 Å². The molecule has 3 aromatic rings. The van der Waals surface area contributed by atoms with Crippen LogP contribution in [0.5, 0.6) is 0 Å². The van der Waals surface area contributed by atoms with Crippen molar-refractivity contribution in [3.63, 3.8) is 0 Å². The van der Waals surface area contributed by atoms with Gasteiger partial charge >= 0.3 is 0 Å². The molecule has 1 aliphatic heterocycles. The van der Waals surface area contributed by atoms with Crippen LogP contribution in [-0.4, -0.2) is 21.5 Å². The molecule has 1 aliphatic carbocycles. The molecule has 2 atom stereocenters. The Labute approximate surface area is 165 Å². The summed E-state index contributed by atoms with van der Waals surface area (Å²) in [4.78, 5) is 7.03. The molecule has 4 heteroatoms. The maximum Gasteiger partial charge on any atom is 0.115 e. The molecule has 4 nitrogen and oxygen atoms in total. The zero-order valence-electron chi connectivity index (χ0n) is 16.8. The van der Waals surface area contributed by atoms with Crippen molar-refractivity contribution in [3.8, 4) is 11.1 Å². The lowest BCUT2D eigenvalue weighted by Gasteiger charge is -2.22. The molecule has 0 saturated carbocycles. The molecular weight excluding hydrogens is 344 g/mol. The first-order valence-corrected chi connectivity index (χ1v) is 10.3. The largest absolute Gasteiger partial charge is 0.400 e. The molecule has 28 heavy (non-hydrogen) atoms. The molecule has 3 heterocycles. The number of allylic oxidation sites excluding steroid dienone is 2. The number of fused-ring (bicyclic) bond motifs is 1. The molecule has 5 rings (SSSR count). The summed E-state index contributed by atoms with van der Waals surface area (Å²) in [5.74, 6) is 0.571. The quantitative estimate of drug-likeness (QED) is 0.500. The number of H-pyrrole nitrogens is 2. The SMILES string of the molecule is CCc1ccccc1-c1c[nH]c2[nH]c(C3=CC=C(N)C4(C3)NC4C(C)C)cc12. The summed E-state index contributed by atoms with van der Waals surface area (Å²) in [5, 5.41) is 4.90. The number of benzene rings is 1. The highest BCUT2D eigenvalue weighted by atomic mass is 15.2. The van der Waals surface area contributed by atoms with Gasteiger partial charge in [0, 0.05) is 34.6 Å². The van der Waals surface area contributed by atoms with Gasteiger partial charge in [0.05, 0.1) is 5.54 Å². The first-order valence-electron chi connectivity index (χ1n) is 10.3. The molecule has 2 aliphatic rings. The highest BCUT2D eigenvalue weighted by molar-refractivity contribution is 5.97. The molecule has 1 saturated heterocycles. The summed E-state index contributed by atoms with van der Waals surface area (Å²) >= 11 is 0. The zero-order valence-corrected chi connectivity index (χ0v) is 16.8. The van der Waals surface area contributed by atoms with Crippen molar-refractivity contribution in [2.24, 2.45) is 11.7 Å². The van der Waals surface area contributed by atoms with Gasteiger partial charge in [0.25, 0.3) is 0 Å². The molecule has 1 aromatic carbocycles. The van der Waals surface area contributed by atoms with E-state index in [-0.39, 0.29) is 5.54 Å². The van der Waals surface area contributed by atoms with Crippen molar-refractivity contribution in [3.05, 3.63) is 65.6 Å². The first kappa shape index (κ1) is 17.4. The van der Waals surface area contributed by atoms with Crippen molar-refractivity contribution in [1.82, 2.24) is 15.3 Å². The lowest BCUT2D eigenvalue weighted by atomic mass is 9.84. The van der Waals surface area contributed by atoms with Gasteiger partial charge in [-0.15, -0.1) is 0 Å². The molecule has 1 fully saturated rings. The second-order valence-corrected chi connectivity index (χ2v) is 8.51. The van der Waals surface area contributed by atoms with Crippen LogP contribution in [0, 0.1) is 5.92 Å². The van der Waals surface area contributed by atoms with Gasteiger partial charge in [-0.3, -0.25) is 5.32 Å². The second-order valence-electron chi connectivity index (χ2n) is 8.51. The number of aromatic nitrogens is 2. The van der Waals surface area contributed by atoms with Gasteiger partial charge in [-0.05, 0) is 47.6 Å². The Balaban J connectivity index is 1.53. The van der Waals surface area contributed by atoms with E-state index in [9.17, 15) is 0 Å². The second kappa shape index (κ2) is 6.14. The van der Waals surface area contributed by atoms with Crippen molar-refractivity contribution < 1.29 is 0 Å². The van der Waals surface area contributed by atoms with Gasteiger partial charge in [-0.2, -0.15) is 0 Å². The highest BCUT2D eigenvalue weighted by Crippen LogP contribution is 2.46. The summed E-state index contributed by atoms with van der Waals surface area (Å²) in [7, 11) is 0. The minimum atomic E-state index is -0.0608. The van der Waals surface area contributed by atoms with E-state index in [2.05, 4.69) is 84.7 Å². The van der Waals surface area contributed by atoms with Crippen LogP contribution < -0.4 is 11.1 Å². The van der Waals surface area contributed by atoms with Gasteiger partial charge in [0.15, 0.2) is 0 Å². The fourth-order valence-electron chi connectivity index (χ4n) is 4.87. The average Bonchev–Trinajstić information content (AvgIpc) is 3.05. The summed E-state index contributed by atoms with van der Waals surface area (Å²) in [6.07, 6.45) is 8.33. The van der Waals surface area contributed by atoms with Crippen LogP contribution in [0.1, 0.15) is 38.4 Å². The molecule has 0 radical (unpaired) electrons. The van der Waals surface area contributed by atoms with E-state index in [4.69, 9.17) is 5.73 Å². The minimum absolute atomic E-state index is 0.0608. The molecular formula is C24H28N4. The predicted octanol–water partition coefficient (Wildman–Crippen LogP) is 4.72. The number of hydrogen-bond donors (Lipinski definition) is 4. The monoisotopic (exact) mass is 372 g/mol. The van der Waals surface area contributed by atoms with Crippen LogP contribution in [0.15, 0.2) is 54.4 Å². The third-order valence-electron chi connectivity index (χ3n) is 6.48. The number of aromatic amines is 2. The first-order chi connectivity index (χ1) is 13.5. The van der Waals surface area contributed by atoms with E-state index < -0.39 is 0 Å². The van der Waals surface area contributed by atoms with Crippen molar-refractivity contribution in [2.75, 3.05) is 0 Å². The smallest absolute Gasteiger partial charge is 0.115 e. The minimum Gasteiger partial charge on any atom is -0.400 e. The van der Waals surface area contributed by atoms with Gasteiger partial charge < -0.3 is 15.7 Å². The summed E-state index contributed by atoms with van der Waals surface area (Å²) in [6, 6.07) is 11.4. The van der Waals surface area contributed by atoms with E-state index >= 15 is 0 Å². The zero-order chi connectivity index (χ0) is 19.5. The lowest BCUT2D eigenvalue weighted by Crippen LogP contribution is -2.29. The van der Waals surface area contributed by atoms with Gasteiger partial charge in [0.1, 0.15) is 5.65 Å². The fraction of sp³-hybridized carbons (Fsp3) is 0.333. The number of rotatable bonds is 4. The molecule has 1 spiro atoms. The standard InChI is InChI=1S/C24H28N4/c1-4-15-7-5-6-8-17(15)19-13-26-23-18(19)11-20(27-23)16-9-10-21(25)24(12-16)22(28-24)14(2)3/h5-11,13-14,22,26-28H,4,12,25H2,1-3H3. The van der Waals surface area contributed by atoms with Crippen molar-refractivity contribution in [2.45, 2.75) is 45.2 Å². The highest BCUT2D eigenvalue weighted by Gasteiger charge is 2.57. The maximum atomic E-state index is 6.37. The Kier molecular flexibility index (Phi) is 3.81. The number of nitrogens with two attached hydrogens (primary N) is 1. The number of hydrogen-bond acceptors (Lipinski definition) is 2. The van der Waals surface area contributed by atoms with E-state index in [1.165, 1.54) is 33.3 Å². The summed E-state index contributed by atoms with van der Waals surface area (Å²) < 4.78 is 0. The van der Waals surface area contributed by atoms with E-state index in [1.807, 2.05) is 0 Å². The van der Waals surface area contributed by atoms with Crippen LogP contribution in [0.2, 0.25) is 0 Å². The molecule has 144 valence electrons. The van der Waals surface area contributed by atoms with Crippen LogP contribution in [0.4, 0.5) is 0 Å². The summed E-state index contributed by atoms with van der Waals surface area (Å²) in [6.45, 7) is 6.72. The fourth-order valence-corrected chi connectivity index (χ4v) is 4.87. The predicted molar refractivity (Wildman–Crippen MR) is 117 cm³/mol. The van der Waals surface area contributed by atoms with Crippen molar-refractivity contribution >= 4 is 16.6 Å². The molecule has 5 N–H and O–H groups in total. The Morgan fingerprint density at radius 2 is 2.00 bits per heavy atom. The van der Waals surface area contributed by atoms with Gasteiger partial charge in [0.2, 0.25) is 0 Å². The lowest BCUT2D eigenvalue weighted by molar-refractivity contribution is 0.573. The number of aryl methyl sites for hydroxylation is 1. The van der Waals surface area contributed by atoms with Crippen molar-refractivity contribution in [1.29, 1.82) is 0 Å². The molecule has 0 amide bonds. The van der Waals surface area contributed by atoms with E-state index in [0.717, 1.165) is 24.2 Å². The van der Waals surface area contributed by atoms with E-state index in [0.29, 0.717) is 12.0 Å². The van der Waals surface area contributed by atoms with Gasteiger partial charge in [-0.25, -0.2) is 0 Å². The third kappa shape index (κ3) is 2.48. The maximum absolute atomic E-state index is 6.37. The Bertz CT molecular complexity index is 1110. The molecule has 2 unspecified atom stereocenters. The average molecular weight is 373 g/mol. The normalized spacial score (nSPS) is 24.1. The van der Waals surface area contributed by atoms with Crippen LogP contribution in [0.3, 0.4) is 0 Å². The Morgan fingerprint density at radius 3 is 2.75 bits per heavy atom. The molecule has 0 bridgehead atoms. The van der Waals surface area contributed by atoms with E-state index in [1.54, 1.807) is 0 Å². The molecule has 2 aromatic heterocycles. The summed E-state index contributed by atoms with van der Waals surface area (Å²) in [5.41, 5.74) is 14.8. The third-order valence-corrected chi connectivity index (χ3v) is 6.48. The van der Waals surface area contributed by atoms with Crippen LogP contribution in [-0.2, 0) is 6.42 Å². The van der Waals surface area contributed by atoms with Crippen LogP contribution in [0.25, 0.3) is 27.7 Å². The van der Waals surface area contributed by atoms with Crippen LogP contribution >= 0.6 is 0 Å².